The van der Waals surface area contributed by atoms with Gasteiger partial charge in [-0.1, -0.05) is 19.4 Å². The molecule has 0 rings (SSSR count). The molecule has 0 aliphatic rings. The molecule has 0 spiro atoms. The third-order valence-corrected chi connectivity index (χ3v) is 1.06. The minimum absolute atomic E-state index is 0.576. The van der Waals surface area contributed by atoms with Crippen molar-refractivity contribution in [3.8, 4) is 0 Å². The number of hydrogen-bond acceptors (Lipinski definition) is 0. The van der Waals surface area contributed by atoms with Crippen LogP contribution in [0.15, 0.2) is 12.2 Å². The average Bonchev–Trinajstić information content (AvgIpc) is 1.61. The van der Waals surface area contributed by atoms with E-state index >= 15 is 0 Å². The van der Waals surface area contributed by atoms with Crippen molar-refractivity contribution in [3.63, 3.8) is 0 Å². The van der Waals surface area contributed by atoms with Gasteiger partial charge in [-0.15, -0.1) is 6.58 Å². The third kappa shape index (κ3) is 5.74. The Kier molecular flexibility index (Phi) is 3.59. The molecule has 0 aromatic heterocycles. The van der Waals surface area contributed by atoms with Crippen LogP contribution >= 0.6 is 0 Å². The fourth-order valence-electron chi connectivity index (χ4n) is 0.493. The highest BCUT2D eigenvalue weighted by Gasteiger charge is 1.91. The SMILES string of the molecule is [CH2]C(C)CCC(=C)C. The molecule has 0 aliphatic carbocycles. The van der Waals surface area contributed by atoms with E-state index in [1.807, 2.05) is 0 Å². The predicted octanol–water partition coefficient (Wildman–Crippen LogP) is 2.81. The Labute approximate surface area is 52.6 Å². The predicted molar refractivity (Wildman–Crippen MR) is 38.6 cm³/mol. The Morgan fingerprint density at radius 3 is 2.25 bits per heavy atom. The molecule has 0 aromatic rings. The van der Waals surface area contributed by atoms with E-state index in [0.717, 1.165) is 6.42 Å². The van der Waals surface area contributed by atoms with Gasteiger partial charge in [0.2, 0.25) is 0 Å². The quantitative estimate of drug-likeness (QED) is 0.491. The molecule has 0 aromatic carbocycles. The lowest BCUT2D eigenvalue weighted by molar-refractivity contribution is 0.642. The molecule has 8 heavy (non-hydrogen) atoms. The van der Waals surface area contributed by atoms with Crippen molar-refractivity contribution in [1.82, 2.24) is 0 Å². The van der Waals surface area contributed by atoms with Crippen molar-refractivity contribution in [3.05, 3.63) is 19.1 Å². The highest BCUT2D eigenvalue weighted by atomic mass is 14.0. The largest absolute Gasteiger partial charge is 0.100 e. The van der Waals surface area contributed by atoms with Crippen LogP contribution in [-0.2, 0) is 0 Å². The van der Waals surface area contributed by atoms with Crippen molar-refractivity contribution in [2.75, 3.05) is 0 Å². The van der Waals surface area contributed by atoms with Crippen LogP contribution in [-0.4, -0.2) is 0 Å². The maximum absolute atomic E-state index is 3.87. The standard InChI is InChI=1S/C8H15/c1-7(2)5-6-8(3)4/h7H,1,3,5-6H2,2,4H3. The van der Waals surface area contributed by atoms with Crippen LogP contribution in [0.5, 0.6) is 0 Å². The molecule has 1 atom stereocenters. The summed E-state index contributed by atoms with van der Waals surface area (Å²) in [5.41, 5.74) is 1.26. The van der Waals surface area contributed by atoms with Gasteiger partial charge >= 0.3 is 0 Å². The summed E-state index contributed by atoms with van der Waals surface area (Å²) in [6.45, 7) is 11.9. The van der Waals surface area contributed by atoms with Crippen LogP contribution in [0.3, 0.4) is 0 Å². The van der Waals surface area contributed by atoms with Gasteiger partial charge in [-0.3, -0.25) is 0 Å². The summed E-state index contributed by atoms with van der Waals surface area (Å²) in [6, 6.07) is 0. The Morgan fingerprint density at radius 1 is 1.62 bits per heavy atom. The van der Waals surface area contributed by atoms with Crippen LogP contribution in [0.4, 0.5) is 0 Å². The first-order valence-corrected chi connectivity index (χ1v) is 3.10. The van der Waals surface area contributed by atoms with Gasteiger partial charge in [0, 0.05) is 0 Å². The Morgan fingerprint density at radius 2 is 2.12 bits per heavy atom. The van der Waals surface area contributed by atoms with Crippen molar-refractivity contribution in [1.29, 1.82) is 0 Å². The second-order valence-electron chi connectivity index (χ2n) is 2.60. The first-order chi connectivity index (χ1) is 3.63. The Hall–Kier alpha value is -0.260. The van der Waals surface area contributed by atoms with E-state index in [4.69, 9.17) is 0 Å². The van der Waals surface area contributed by atoms with Gasteiger partial charge in [0.05, 0.1) is 0 Å². The number of hydrogen-bond donors (Lipinski definition) is 0. The van der Waals surface area contributed by atoms with Gasteiger partial charge in [0.15, 0.2) is 0 Å². The molecule has 0 N–H and O–H groups in total. The lowest BCUT2D eigenvalue weighted by atomic mass is 10.1. The summed E-state index contributed by atoms with van der Waals surface area (Å²) in [4.78, 5) is 0. The molecule has 0 amide bonds. The molecule has 47 valence electrons. The fourth-order valence-corrected chi connectivity index (χ4v) is 0.493. The zero-order chi connectivity index (χ0) is 6.57. The van der Waals surface area contributed by atoms with Crippen LogP contribution < -0.4 is 0 Å². The monoisotopic (exact) mass is 111 g/mol. The normalized spacial score (nSPS) is 10.0. The van der Waals surface area contributed by atoms with Crippen molar-refractivity contribution in [2.24, 2.45) is 5.92 Å². The number of allylic oxidation sites excluding steroid dienone is 1. The third-order valence-electron chi connectivity index (χ3n) is 1.06. The second kappa shape index (κ2) is 3.71. The van der Waals surface area contributed by atoms with E-state index in [0.29, 0.717) is 5.92 Å². The molecule has 0 aliphatic heterocycles. The molecular weight excluding hydrogens is 96.1 g/mol. The van der Waals surface area contributed by atoms with Crippen molar-refractivity contribution >= 4 is 0 Å². The maximum Gasteiger partial charge on any atom is -0.0323 e. The van der Waals surface area contributed by atoms with E-state index in [1.54, 1.807) is 0 Å². The molecule has 1 unspecified atom stereocenters. The topological polar surface area (TPSA) is 0 Å². The molecule has 1 radical (unpaired) electrons. The van der Waals surface area contributed by atoms with E-state index in [-0.39, 0.29) is 0 Å². The fraction of sp³-hybridized carbons (Fsp3) is 0.625. The maximum atomic E-state index is 3.87. The second-order valence-corrected chi connectivity index (χ2v) is 2.60. The van der Waals surface area contributed by atoms with Gasteiger partial charge in [-0.2, -0.15) is 0 Å². The van der Waals surface area contributed by atoms with E-state index in [1.165, 1.54) is 12.0 Å². The minimum atomic E-state index is 0.576. The highest BCUT2D eigenvalue weighted by Crippen LogP contribution is 2.07. The van der Waals surface area contributed by atoms with E-state index < -0.39 is 0 Å². The molecule has 0 heterocycles. The number of rotatable bonds is 3. The molecular formula is C8H15. The summed E-state index contributed by atoms with van der Waals surface area (Å²) in [7, 11) is 0. The smallest absolute Gasteiger partial charge is 0.0323 e. The highest BCUT2D eigenvalue weighted by molar-refractivity contribution is 4.87. The van der Waals surface area contributed by atoms with E-state index in [9.17, 15) is 0 Å². The zero-order valence-corrected chi connectivity index (χ0v) is 5.91. The zero-order valence-electron chi connectivity index (χ0n) is 5.91. The minimum Gasteiger partial charge on any atom is -0.100 e. The average molecular weight is 111 g/mol. The lowest BCUT2D eigenvalue weighted by Crippen LogP contribution is -1.86. The lowest BCUT2D eigenvalue weighted by Gasteiger charge is -2.01. The molecule has 0 saturated heterocycles. The summed E-state index contributed by atoms with van der Waals surface area (Å²) < 4.78 is 0. The first-order valence-electron chi connectivity index (χ1n) is 3.10. The molecule has 0 saturated carbocycles. The van der Waals surface area contributed by atoms with Crippen LogP contribution in [0.2, 0.25) is 0 Å². The first kappa shape index (κ1) is 7.74. The Balaban J connectivity index is 3.05. The molecule has 0 nitrogen and oxygen atoms in total. The summed E-state index contributed by atoms with van der Waals surface area (Å²) >= 11 is 0. The van der Waals surface area contributed by atoms with Gasteiger partial charge < -0.3 is 0 Å². The van der Waals surface area contributed by atoms with Crippen molar-refractivity contribution in [2.45, 2.75) is 26.7 Å². The summed E-state index contributed by atoms with van der Waals surface area (Å²) in [5.74, 6) is 0.576. The molecule has 0 heteroatoms. The Bertz CT molecular complexity index is 70.1. The summed E-state index contributed by atoms with van der Waals surface area (Å²) in [5, 5.41) is 0. The van der Waals surface area contributed by atoms with Gasteiger partial charge in [0.1, 0.15) is 0 Å². The molecule has 0 fully saturated rings. The van der Waals surface area contributed by atoms with Crippen molar-refractivity contribution < 1.29 is 0 Å². The van der Waals surface area contributed by atoms with E-state index in [2.05, 4.69) is 27.4 Å². The van der Waals surface area contributed by atoms with Gasteiger partial charge in [-0.25, -0.2) is 0 Å². The van der Waals surface area contributed by atoms with Gasteiger partial charge in [-0.05, 0) is 25.7 Å². The van der Waals surface area contributed by atoms with Crippen LogP contribution in [0.25, 0.3) is 0 Å². The van der Waals surface area contributed by atoms with Crippen LogP contribution in [0, 0.1) is 12.8 Å². The van der Waals surface area contributed by atoms with Gasteiger partial charge in [0.25, 0.3) is 0 Å². The summed E-state index contributed by atoms with van der Waals surface area (Å²) in [6.07, 6.45) is 2.31. The molecule has 0 bridgehead atoms. The van der Waals surface area contributed by atoms with Crippen LogP contribution in [0.1, 0.15) is 26.7 Å².